The van der Waals surface area contributed by atoms with Gasteiger partial charge in [0.25, 0.3) is 11.8 Å². The van der Waals surface area contributed by atoms with Crippen molar-refractivity contribution < 1.29 is 9.59 Å². The van der Waals surface area contributed by atoms with E-state index in [0.29, 0.717) is 54.9 Å². The summed E-state index contributed by atoms with van der Waals surface area (Å²) in [6.45, 7) is 6.02. The van der Waals surface area contributed by atoms with Crippen molar-refractivity contribution in [3.63, 3.8) is 0 Å². The number of anilines is 4. The van der Waals surface area contributed by atoms with Gasteiger partial charge < -0.3 is 20.4 Å². The molecule has 0 spiro atoms. The average Bonchev–Trinajstić information content (AvgIpc) is 3.94. The van der Waals surface area contributed by atoms with Gasteiger partial charge >= 0.3 is 0 Å². The number of carbonyl (C=O) groups is 2. The summed E-state index contributed by atoms with van der Waals surface area (Å²) >= 11 is 4.82. The van der Waals surface area contributed by atoms with Crippen LogP contribution in [0.5, 0.6) is 0 Å². The van der Waals surface area contributed by atoms with Crippen LogP contribution in [0.4, 0.5) is 23.3 Å². The summed E-state index contributed by atoms with van der Waals surface area (Å²) in [6.07, 6.45) is 10.2. The standard InChI is InChI=1S/C21H18N8O.C19H17N7O.C2H2ClN/c1-14-9-24-21(26-18-10-25-29(13-18)7-6-22)27-19(14)16-2-4-17(5-3-16)20(30)28-11-15(8-23)12-28;1-12-7-21-19(24-16-8-22-23-9-16)25-17(12)14-2-4-15(5-3-14)18(27)26-10-13(6-20)11-26;3-1-2-4/h2-5,9-10,13,15H,7,11-12H2,1H3,(H,24,26,27);2-5,7-9,13H,10-11H2,1H3,(H,22,23)(H,21,24,25);1H2. The van der Waals surface area contributed by atoms with E-state index < -0.39 is 0 Å². The fraction of sp³-hybridized carbons (Fsp3) is 0.238. The molecule has 2 fully saturated rings. The smallest absolute Gasteiger partial charge is 0.253 e. The molecule has 6 heterocycles. The van der Waals surface area contributed by atoms with E-state index in [-0.39, 0.29) is 36.1 Å². The molecule has 304 valence electrons. The molecule has 4 aromatic heterocycles. The van der Waals surface area contributed by atoms with Crippen LogP contribution >= 0.6 is 11.6 Å². The minimum atomic E-state index is -0.0656. The molecule has 8 rings (SSSR count). The number of aromatic amines is 1. The molecule has 6 aromatic rings. The lowest BCUT2D eigenvalue weighted by Crippen LogP contribution is -2.49. The second-order valence-corrected chi connectivity index (χ2v) is 14.1. The molecule has 0 bridgehead atoms. The fourth-order valence-corrected chi connectivity index (χ4v) is 6.11. The van der Waals surface area contributed by atoms with E-state index in [1.165, 1.54) is 4.68 Å². The summed E-state index contributed by atoms with van der Waals surface area (Å²) in [7, 11) is 0. The molecular formula is C42H37ClN16O2. The number of nitriles is 4. The Morgan fingerprint density at radius 3 is 1.61 bits per heavy atom. The number of carbonyl (C=O) groups excluding carboxylic acids is 2. The Morgan fingerprint density at radius 2 is 1.20 bits per heavy atom. The molecule has 2 aliphatic heterocycles. The largest absolute Gasteiger partial charge is 0.336 e. The molecular weight excluding hydrogens is 796 g/mol. The Hall–Kier alpha value is -8.19. The number of rotatable bonds is 9. The van der Waals surface area contributed by atoms with E-state index in [4.69, 9.17) is 32.6 Å². The third-order valence-corrected chi connectivity index (χ3v) is 9.51. The maximum Gasteiger partial charge on any atom is 0.253 e. The lowest BCUT2D eigenvalue weighted by atomic mass is 10.00. The van der Waals surface area contributed by atoms with Gasteiger partial charge in [0, 0.05) is 73.2 Å². The van der Waals surface area contributed by atoms with Crippen molar-refractivity contribution in [3.05, 3.63) is 108 Å². The van der Waals surface area contributed by atoms with Crippen molar-refractivity contribution in [2.45, 2.75) is 20.4 Å². The van der Waals surface area contributed by atoms with Gasteiger partial charge in [-0.3, -0.25) is 19.4 Å². The average molecular weight is 833 g/mol. The zero-order valence-corrected chi connectivity index (χ0v) is 33.7. The number of hydrogen-bond acceptors (Lipinski definition) is 14. The monoisotopic (exact) mass is 832 g/mol. The number of halogens is 1. The Bertz CT molecular complexity index is 2640. The van der Waals surface area contributed by atoms with Crippen molar-refractivity contribution >= 4 is 46.7 Å². The van der Waals surface area contributed by atoms with E-state index in [9.17, 15) is 9.59 Å². The minimum absolute atomic E-state index is 0.0435. The summed E-state index contributed by atoms with van der Waals surface area (Å²) in [5.41, 5.74) is 7.82. The third kappa shape index (κ3) is 10.7. The lowest BCUT2D eigenvalue weighted by Gasteiger charge is -2.35. The highest BCUT2D eigenvalue weighted by Gasteiger charge is 2.32. The first kappa shape index (κ1) is 42.4. The Labute approximate surface area is 355 Å². The molecule has 0 saturated carbocycles. The molecule has 18 nitrogen and oxygen atoms in total. The van der Waals surface area contributed by atoms with Gasteiger partial charge in [-0.1, -0.05) is 24.3 Å². The van der Waals surface area contributed by atoms with Crippen LogP contribution < -0.4 is 10.6 Å². The molecule has 3 N–H and O–H groups in total. The molecule has 19 heteroatoms. The number of likely N-dealkylation sites (tertiary alicyclic amines) is 2. The number of hydrogen-bond donors (Lipinski definition) is 3. The first-order chi connectivity index (χ1) is 29.6. The number of H-pyrrole nitrogens is 1. The lowest BCUT2D eigenvalue weighted by molar-refractivity contribution is 0.0571. The topological polar surface area (TPSA) is 258 Å². The van der Waals surface area contributed by atoms with Crippen LogP contribution in [0, 0.1) is 71.0 Å². The first-order valence-electron chi connectivity index (χ1n) is 18.7. The van der Waals surface area contributed by atoms with Crippen molar-refractivity contribution in [1.29, 1.82) is 21.0 Å². The van der Waals surface area contributed by atoms with Crippen LogP contribution in [0.25, 0.3) is 22.5 Å². The van der Waals surface area contributed by atoms with Crippen LogP contribution in [-0.4, -0.2) is 93.6 Å². The number of nitrogens with zero attached hydrogens (tertiary/aromatic N) is 13. The van der Waals surface area contributed by atoms with Crippen molar-refractivity contribution in [3.8, 4) is 46.8 Å². The quantitative estimate of drug-likeness (QED) is 0.146. The number of aryl methyl sites for hydroxylation is 2. The van der Waals surface area contributed by atoms with Crippen LogP contribution in [0.3, 0.4) is 0 Å². The summed E-state index contributed by atoms with van der Waals surface area (Å²) in [5.74, 6) is 0.766. The van der Waals surface area contributed by atoms with Gasteiger partial charge in [0.15, 0.2) is 0 Å². The van der Waals surface area contributed by atoms with E-state index in [0.717, 1.165) is 39.3 Å². The van der Waals surface area contributed by atoms with Crippen molar-refractivity contribution in [2.75, 3.05) is 42.7 Å². The molecule has 0 atom stereocenters. The molecule has 0 radical (unpaired) electrons. The number of benzene rings is 2. The first-order valence-corrected chi connectivity index (χ1v) is 19.3. The number of nitrogens with one attached hydrogen (secondary N) is 3. The van der Waals surface area contributed by atoms with Gasteiger partial charge in [-0.2, -0.15) is 31.2 Å². The van der Waals surface area contributed by atoms with Crippen LogP contribution in [-0.2, 0) is 6.54 Å². The van der Waals surface area contributed by atoms with Gasteiger partial charge in [-0.25, -0.2) is 19.9 Å². The van der Waals surface area contributed by atoms with Crippen LogP contribution in [0.15, 0.2) is 85.7 Å². The van der Waals surface area contributed by atoms with E-state index in [1.54, 1.807) is 77.3 Å². The Kier molecular flexibility index (Phi) is 13.9. The normalized spacial score (nSPS) is 12.9. The van der Waals surface area contributed by atoms with Gasteiger partial charge in [-0.05, 0) is 49.2 Å². The van der Waals surface area contributed by atoms with E-state index in [2.05, 4.69) is 58.0 Å². The fourth-order valence-electron chi connectivity index (χ4n) is 6.11. The maximum atomic E-state index is 12.5. The Balaban J connectivity index is 0.000000189. The summed E-state index contributed by atoms with van der Waals surface area (Å²) in [6, 6.07) is 22.7. The highest BCUT2D eigenvalue weighted by Crippen LogP contribution is 2.27. The predicted octanol–water partition coefficient (Wildman–Crippen LogP) is 5.77. The molecule has 2 aliphatic rings. The highest BCUT2D eigenvalue weighted by molar-refractivity contribution is 6.19. The van der Waals surface area contributed by atoms with E-state index in [1.807, 2.05) is 44.2 Å². The number of amides is 2. The maximum absolute atomic E-state index is 12.5. The van der Waals surface area contributed by atoms with Gasteiger partial charge in [0.1, 0.15) is 12.4 Å². The minimum Gasteiger partial charge on any atom is -0.336 e. The zero-order chi connectivity index (χ0) is 43.3. The third-order valence-electron chi connectivity index (χ3n) is 9.39. The van der Waals surface area contributed by atoms with Crippen LogP contribution in [0.2, 0.25) is 0 Å². The summed E-state index contributed by atoms with van der Waals surface area (Å²) < 4.78 is 1.52. The molecule has 0 unspecified atom stereocenters. The Morgan fingerprint density at radius 1 is 0.721 bits per heavy atom. The van der Waals surface area contributed by atoms with Gasteiger partial charge in [0.05, 0.1) is 71.3 Å². The SMILES string of the molecule is Cc1cnc(Nc2cn[nH]c2)nc1-c1ccc(C(=O)N2CC(C#N)C2)cc1.Cc1cnc(Nc2cnn(CC#N)c2)nc1-c1ccc(C(=O)N2CC(C#N)C2)cc1.N#CCCl. The molecule has 0 aliphatic carbocycles. The van der Waals surface area contributed by atoms with Gasteiger partial charge in [-0.15, -0.1) is 11.6 Å². The van der Waals surface area contributed by atoms with Gasteiger partial charge in [0.2, 0.25) is 11.9 Å². The highest BCUT2D eigenvalue weighted by atomic mass is 35.5. The summed E-state index contributed by atoms with van der Waals surface area (Å²) in [5, 5.41) is 50.8. The number of alkyl halides is 1. The summed E-state index contributed by atoms with van der Waals surface area (Å²) in [4.78, 5) is 46.0. The number of aromatic nitrogens is 8. The van der Waals surface area contributed by atoms with E-state index >= 15 is 0 Å². The molecule has 2 amide bonds. The van der Waals surface area contributed by atoms with Crippen LogP contribution in [0.1, 0.15) is 31.8 Å². The second-order valence-electron chi connectivity index (χ2n) is 13.8. The molecule has 2 aromatic carbocycles. The predicted molar refractivity (Wildman–Crippen MR) is 224 cm³/mol. The zero-order valence-electron chi connectivity index (χ0n) is 33.0. The van der Waals surface area contributed by atoms with Crippen molar-refractivity contribution in [1.82, 2.24) is 49.7 Å². The molecule has 2 saturated heterocycles. The van der Waals surface area contributed by atoms with Crippen molar-refractivity contribution in [2.24, 2.45) is 11.8 Å². The second kappa shape index (κ2) is 20.0. The molecule has 61 heavy (non-hydrogen) atoms.